The summed E-state index contributed by atoms with van der Waals surface area (Å²) in [4.78, 5) is 11.8. The molecule has 18 heavy (non-hydrogen) atoms. The van der Waals surface area contributed by atoms with Crippen molar-refractivity contribution in [1.29, 1.82) is 0 Å². The van der Waals surface area contributed by atoms with Gasteiger partial charge in [0, 0.05) is 13.1 Å². The molecule has 2 saturated heterocycles. The average molecular weight is 279 g/mol. The van der Waals surface area contributed by atoms with Crippen LogP contribution in [0, 0.1) is 5.41 Å². The molecule has 0 aromatic carbocycles. The number of hydrogen-bond acceptors (Lipinski definition) is 4. The number of hydrogen-bond donors (Lipinski definition) is 2. The van der Waals surface area contributed by atoms with E-state index in [1.807, 2.05) is 0 Å². The first kappa shape index (κ1) is 15.7. The molecule has 2 aliphatic heterocycles. The topological polar surface area (TPSA) is 59.6 Å². The van der Waals surface area contributed by atoms with E-state index in [2.05, 4.69) is 17.6 Å². The highest BCUT2D eigenvalue weighted by molar-refractivity contribution is 5.85. The summed E-state index contributed by atoms with van der Waals surface area (Å²) >= 11 is 0. The second kappa shape index (κ2) is 7.28. The van der Waals surface area contributed by atoms with Gasteiger partial charge in [0.1, 0.15) is 0 Å². The Balaban J connectivity index is 0.00000162. The molecule has 0 bridgehead atoms. The largest absolute Gasteiger partial charge is 0.376 e. The highest BCUT2D eigenvalue weighted by Gasteiger charge is 2.29. The second-order valence-corrected chi connectivity index (χ2v) is 5.24. The molecule has 2 aliphatic rings. The fourth-order valence-electron chi connectivity index (χ4n) is 2.32. The molecule has 106 valence electrons. The Bertz CT molecular complexity index is 264. The Kier molecular flexibility index (Phi) is 6.35. The summed E-state index contributed by atoms with van der Waals surface area (Å²) < 4.78 is 10.6. The summed E-state index contributed by atoms with van der Waals surface area (Å²) in [7, 11) is 0. The minimum Gasteiger partial charge on any atom is -0.376 e. The van der Waals surface area contributed by atoms with E-state index in [0.717, 1.165) is 19.5 Å². The predicted octanol–water partition coefficient (Wildman–Crippen LogP) is 0.330. The van der Waals surface area contributed by atoms with E-state index in [1.165, 1.54) is 6.42 Å². The Morgan fingerprint density at radius 2 is 2.33 bits per heavy atom. The lowest BCUT2D eigenvalue weighted by Gasteiger charge is -2.34. The molecule has 0 aliphatic carbocycles. The van der Waals surface area contributed by atoms with Gasteiger partial charge < -0.3 is 20.1 Å². The van der Waals surface area contributed by atoms with Crippen LogP contribution in [0.5, 0.6) is 0 Å². The minimum absolute atomic E-state index is 0. The molecule has 0 aromatic rings. The zero-order valence-electron chi connectivity index (χ0n) is 10.9. The van der Waals surface area contributed by atoms with Gasteiger partial charge >= 0.3 is 0 Å². The smallest absolute Gasteiger partial charge is 0.251 e. The van der Waals surface area contributed by atoms with Crippen LogP contribution in [0.2, 0.25) is 0 Å². The maximum Gasteiger partial charge on any atom is 0.251 e. The summed E-state index contributed by atoms with van der Waals surface area (Å²) in [5, 5.41) is 6.35. The molecule has 2 heterocycles. The van der Waals surface area contributed by atoms with Crippen LogP contribution >= 0.6 is 12.4 Å². The van der Waals surface area contributed by atoms with Crippen molar-refractivity contribution < 1.29 is 14.3 Å². The molecule has 2 rings (SSSR count). The number of ether oxygens (including phenoxy) is 2. The normalized spacial score (nSPS) is 32.4. The first-order valence-electron chi connectivity index (χ1n) is 6.37. The predicted molar refractivity (Wildman–Crippen MR) is 71.0 cm³/mol. The number of amides is 1. The Morgan fingerprint density at radius 3 is 2.94 bits per heavy atom. The van der Waals surface area contributed by atoms with E-state index in [1.54, 1.807) is 0 Å². The van der Waals surface area contributed by atoms with Gasteiger partial charge in [-0.25, -0.2) is 0 Å². The third-order valence-electron chi connectivity index (χ3n) is 3.48. The van der Waals surface area contributed by atoms with Crippen molar-refractivity contribution >= 4 is 18.3 Å². The van der Waals surface area contributed by atoms with E-state index in [4.69, 9.17) is 9.47 Å². The van der Waals surface area contributed by atoms with E-state index >= 15 is 0 Å². The number of carbonyl (C=O) groups excluding carboxylic acids is 1. The number of halogens is 1. The van der Waals surface area contributed by atoms with Gasteiger partial charge in [-0.05, 0) is 24.8 Å². The van der Waals surface area contributed by atoms with Crippen LogP contribution in [0.4, 0.5) is 0 Å². The van der Waals surface area contributed by atoms with Gasteiger partial charge in [0.05, 0.1) is 19.8 Å². The van der Waals surface area contributed by atoms with Crippen molar-refractivity contribution in [3.63, 3.8) is 0 Å². The fraction of sp³-hybridized carbons (Fsp3) is 0.917. The van der Waals surface area contributed by atoms with Gasteiger partial charge in [0.15, 0.2) is 6.10 Å². The first-order chi connectivity index (χ1) is 8.20. The highest BCUT2D eigenvalue weighted by atomic mass is 35.5. The third kappa shape index (κ3) is 4.39. The number of nitrogens with one attached hydrogen (secondary N) is 2. The maximum absolute atomic E-state index is 11.8. The molecule has 5 nitrogen and oxygen atoms in total. The molecule has 2 N–H and O–H groups in total. The van der Waals surface area contributed by atoms with Crippen LogP contribution in [-0.4, -0.2) is 51.5 Å². The van der Waals surface area contributed by atoms with Gasteiger partial charge in [0.25, 0.3) is 5.91 Å². The molecule has 2 unspecified atom stereocenters. The first-order valence-corrected chi connectivity index (χ1v) is 6.37. The number of piperidine rings is 1. The SMILES string of the molecule is CC1(CNC(=O)C2COCCO2)CCCNC1.Cl. The molecule has 0 saturated carbocycles. The Hall–Kier alpha value is -0.360. The summed E-state index contributed by atoms with van der Waals surface area (Å²) in [5.41, 5.74) is 0.170. The minimum atomic E-state index is -0.427. The van der Waals surface area contributed by atoms with Gasteiger partial charge in [-0.1, -0.05) is 6.92 Å². The van der Waals surface area contributed by atoms with Crippen LogP contribution in [-0.2, 0) is 14.3 Å². The number of rotatable bonds is 3. The molecular weight excluding hydrogens is 256 g/mol. The van der Waals surface area contributed by atoms with Crippen molar-refractivity contribution in [3.05, 3.63) is 0 Å². The lowest BCUT2D eigenvalue weighted by atomic mass is 9.83. The van der Waals surface area contributed by atoms with E-state index in [0.29, 0.717) is 26.4 Å². The van der Waals surface area contributed by atoms with Crippen LogP contribution in [0.15, 0.2) is 0 Å². The molecule has 0 aromatic heterocycles. The zero-order chi connectivity index (χ0) is 12.1. The standard InChI is InChI=1S/C12H22N2O3.ClH/c1-12(3-2-4-13-8-12)9-14-11(15)10-7-16-5-6-17-10;/h10,13H,2-9H2,1H3,(H,14,15);1H. The summed E-state index contributed by atoms with van der Waals surface area (Å²) in [6.45, 7) is 6.44. The Morgan fingerprint density at radius 1 is 1.50 bits per heavy atom. The molecule has 6 heteroatoms. The van der Waals surface area contributed by atoms with E-state index < -0.39 is 6.10 Å². The van der Waals surface area contributed by atoms with Crippen LogP contribution < -0.4 is 10.6 Å². The lowest BCUT2D eigenvalue weighted by molar-refractivity contribution is -0.148. The molecule has 1 amide bonds. The zero-order valence-corrected chi connectivity index (χ0v) is 11.7. The maximum atomic E-state index is 11.8. The van der Waals surface area contributed by atoms with Crippen LogP contribution in [0.1, 0.15) is 19.8 Å². The number of carbonyl (C=O) groups is 1. The van der Waals surface area contributed by atoms with Crippen molar-refractivity contribution in [3.8, 4) is 0 Å². The van der Waals surface area contributed by atoms with Gasteiger partial charge in [-0.3, -0.25) is 4.79 Å². The van der Waals surface area contributed by atoms with Gasteiger partial charge in [-0.15, -0.1) is 12.4 Å². The van der Waals surface area contributed by atoms with Crippen molar-refractivity contribution in [2.24, 2.45) is 5.41 Å². The molecule has 2 atom stereocenters. The van der Waals surface area contributed by atoms with Crippen LogP contribution in [0.3, 0.4) is 0 Å². The monoisotopic (exact) mass is 278 g/mol. The third-order valence-corrected chi connectivity index (χ3v) is 3.48. The molecular formula is C12H23ClN2O3. The molecule has 0 radical (unpaired) electrons. The quantitative estimate of drug-likeness (QED) is 0.781. The summed E-state index contributed by atoms with van der Waals surface area (Å²) in [6, 6.07) is 0. The fourth-order valence-corrected chi connectivity index (χ4v) is 2.32. The van der Waals surface area contributed by atoms with Crippen molar-refractivity contribution in [2.45, 2.75) is 25.9 Å². The van der Waals surface area contributed by atoms with Gasteiger partial charge in [0.2, 0.25) is 0 Å². The summed E-state index contributed by atoms with van der Waals surface area (Å²) in [6.07, 6.45) is 1.90. The molecule has 0 spiro atoms. The second-order valence-electron chi connectivity index (χ2n) is 5.24. The average Bonchev–Trinajstić information content (AvgIpc) is 2.38. The van der Waals surface area contributed by atoms with Gasteiger partial charge in [-0.2, -0.15) is 0 Å². The summed E-state index contributed by atoms with van der Waals surface area (Å²) in [5.74, 6) is -0.0449. The van der Waals surface area contributed by atoms with E-state index in [9.17, 15) is 4.79 Å². The van der Waals surface area contributed by atoms with Crippen molar-refractivity contribution in [1.82, 2.24) is 10.6 Å². The van der Waals surface area contributed by atoms with E-state index in [-0.39, 0.29) is 23.7 Å². The Labute approximate surface area is 114 Å². The highest BCUT2D eigenvalue weighted by Crippen LogP contribution is 2.24. The van der Waals surface area contributed by atoms with Crippen LogP contribution in [0.25, 0.3) is 0 Å². The molecule has 2 fully saturated rings. The lowest BCUT2D eigenvalue weighted by Crippen LogP contribution is -2.49. The van der Waals surface area contributed by atoms with Crippen molar-refractivity contribution in [2.75, 3.05) is 39.5 Å².